The standard InChI is InChI=1S/C20H13BrN2O3S/c21-14-6-8-17-13(10-14)11-18(26-17)20(24)23-22-12-15-7-9-19(25-15)27-16-4-2-1-3-5-16/h1-12H,(H,23,24)/b22-12+. The first-order valence-electron chi connectivity index (χ1n) is 8.03. The van der Waals surface area contributed by atoms with E-state index < -0.39 is 5.91 Å². The van der Waals surface area contributed by atoms with E-state index >= 15 is 0 Å². The zero-order valence-electron chi connectivity index (χ0n) is 13.9. The molecule has 0 spiro atoms. The molecule has 2 aromatic carbocycles. The maximum Gasteiger partial charge on any atom is 0.307 e. The summed E-state index contributed by atoms with van der Waals surface area (Å²) in [6.45, 7) is 0. The van der Waals surface area contributed by atoms with Crippen molar-refractivity contribution in [2.24, 2.45) is 5.10 Å². The molecule has 2 aromatic heterocycles. The van der Waals surface area contributed by atoms with Crippen molar-refractivity contribution in [1.29, 1.82) is 0 Å². The highest BCUT2D eigenvalue weighted by atomic mass is 79.9. The number of nitrogens with one attached hydrogen (secondary N) is 1. The monoisotopic (exact) mass is 440 g/mol. The van der Waals surface area contributed by atoms with Gasteiger partial charge in [0.2, 0.25) is 0 Å². The van der Waals surface area contributed by atoms with E-state index in [0.717, 1.165) is 19.8 Å². The molecule has 0 atom stereocenters. The molecule has 0 saturated carbocycles. The third-order valence-electron chi connectivity index (χ3n) is 3.62. The topological polar surface area (TPSA) is 67.7 Å². The van der Waals surface area contributed by atoms with Crippen LogP contribution in [-0.4, -0.2) is 12.1 Å². The highest BCUT2D eigenvalue weighted by Crippen LogP contribution is 2.28. The van der Waals surface area contributed by atoms with Crippen LogP contribution < -0.4 is 5.43 Å². The van der Waals surface area contributed by atoms with Gasteiger partial charge in [-0.25, -0.2) is 5.43 Å². The van der Waals surface area contributed by atoms with Crippen molar-refractivity contribution < 1.29 is 13.6 Å². The molecule has 0 saturated heterocycles. The Kier molecular flexibility index (Phi) is 5.13. The lowest BCUT2D eigenvalue weighted by atomic mass is 10.2. The second-order valence-corrected chi connectivity index (χ2v) is 7.56. The Bertz CT molecular complexity index is 1120. The summed E-state index contributed by atoms with van der Waals surface area (Å²) in [7, 11) is 0. The summed E-state index contributed by atoms with van der Waals surface area (Å²) in [6.07, 6.45) is 1.45. The largest absolute Gasteiger partial charge is 0.451 e. The third kappa shape index (κ3) is 4.32. The molecule has 0 fully saturated rings. The quantitative estimate of drug-likeness (QED) is 0.319. The van der Waals surface area contributed by atoms with Gasteiger partial charge in [-0.2, -0.15) is 5.10 Å². The number of halogens is 1. The van der Waals surface area contributed by atoms with Gasteiger partial charge in [0, 0.05) is 14.8 Å². The van der Waals surface area contributed by atoms with Crippen LogP contribution in [0.2, 0.25) is 0 Å². The first kappa shape index (κ1) is 17.6. The lowest BCUT2D eigenvalue weighted by Gasteiger charge is -1.96. The summed E-state index contributed by atoms with van der Waals surface area (Å²) in [5.41, 5.74) is 3.08. The van der Waals surface area contributed by atoms with Gasteiger partial charge in [0.25, 0.3) is 0 Å². The summed E-state index contributed by atoms with van der Waals surface area (Å²) in [6, 6.07) is 20.8. The van der Waals surface area contributed by atoms with Gasteiger partial charge in [-0.05, 0) is 48.5 Å². The van der Waals surface area contributed by atoms with Crippen LogP contribution in [0.1, 0.15) is 16.3 Å². The van der Waals surface area contributed by atoms with Crippen molar-refractivity contribution in [1.82, 2.24) is 5.43 Å². The second-order valence-electron chi connectivity index (χ2n) is 5.56. The highest BCUT2D eigenvalue weighted by molar-refractivity contribution is 9.10. The molecule has 2 heterocycles. The minimum absolute atomic E-state index is 0.194. The normalized spacial score (nSPS) is 11.3. The van der Waals surface area contributed by atoms with Crippen LogP contribution in [0, 0.1) is 0 Å². The fourth-order valence-electron chi connectivity index (χ4n) is 2.40. The molecule has 7 heteroatoms. The SMILES string of the molecule is O=C(N/N=C/c1ccc(Sc2ccccc2)o1)c1cc2cc(Br)ccc2o1. The lowest BCUT2D eigenvalue weighted by Crippen LogP contribution is -2.16. The Morgan fingerprint density at radius 1 is 1.04 bits per heavy atom. The van der Waals surface area contributed by atoms with E-state index in [9.17, 15) is 4.79 Å². The maximum atomic E-state index is 12.2. The van der Waals surface area contributed by atoms with Crippen molar-refractivity contribution in [2.45, 2.75) is 9.99 Å². The first-order valence-corrected chi connectivity index (χ1v) is 9.63. The molecule has 0 unspecified atom stereocenters. The minimum atomic E-state index is -0.427. The predicted octanol–water partition coefficient (Wildman–Crippen LogP) is 5.70. The first-order chi connectivity index (χ1) is 13.2. The van der Waals surface area contributed by atoms with Gasteiger partial charge in [-0.1, -0.05) is 45.9 Å². The van der Waals surface area contributed by atoms with Crippen molar-refractivity contribution >= 4 is 50.8 Å². The molecule has 0 aliphatic heterocycles. The molecule has 4 aromatic rings. The zero-order chi connectivity index (χ0) is 18.6. The van der Waals surface area contributed by atoms with Crippen LogP contribution in [0.25, 0.3) is 11.0 Å². The molecule has 0 aliphatic rings. The second kappa shape index (κ2) is 7.85. The lowest BCUT2D eigenvalue weighted by molar-refractivity contribution is 0.0929. The van der Waals surface area contributed by atoms with Crippen LogP contribution in [-0.2, 0) is 0 Å². The molecule has 1 N–H and O–H groups in total. The Morgan fingerprint density at radius 3 is 2.74 bits per heavy atom. The molecule has 4 rings (SSSR count). The molecule has 27 heavy (non-hydrogen) atoms. The van der Waals surface area contributed by atoms with Crippen LogP contribution >= 0.6 is 27.7 Å². The smallest absolute Gasteiger partial charge is 0.307 e. The summed E-state index contributed by atoms with van der Waals surface area (Å²) in [5, 5.41) is 5.52. The van der Waals surface area contributed by atoms with Crippen molar-refractivity contribution in [3.8, 4) is 0 Å². The number of hydrogen-bond donors (Lipinski definition) is 1. The summed E-state index contributed by atoms with van der Waals surface area (Å²) in [4.78, 5) is 13.3. The van der Waals surface area contributed by atoms with E-state index in [0.29, 0.717) is 11.3 Å². The number of fused-ring (bicyclic) bond motifs is 1. The van der Waals surface area contributed by atoms with Crippen molar-refractivity contribution in [3.63, 3.8) is 0 Å². The fraction of sp³-hybridized carbons (Fsp3) is 0. The number of amides is 1. The van der Waals surface area contributed by atoms with Gasteiger partial charge in [0.15, 0.2) is 10.9 Å². The number of benzene rings is 2. The summed E-state index contributed by atoms with van der Waals surface area (Å²) < 4.78 is 12.1. The number of nitrogens with zero attached hydrogens (tertiary/aromatic N) is 1. The van der Waals surface area contributed by atoms with E-state index in [1.165, 1.54) is 18.0 Å². The molecule has 0 aliphatic carbocycles. The van der Waals surface area contributed by atoms with Crippen LogP contribution in [0.4, 0.5) is 0 Å². The number of hydrogen-bond acceptors (Lipinski definition) is 5. The maximum absolute atomic E-state index is 12.2. The van der Waals surface area contributed by atoms with Crippen LogP contribution in [0.3, 0.4) is 0 Å². The number of carbonyl (C=O) groups is 1. The van der Waals surface area contributed by atoms with Gasteiger partial charge < -0.3 is 8.83 Å². The van der Waals surface area contributed by atoms with E-state index in [-0.39, 0.29) is 5.76 Å². The van der Waals surface area contributed by atoms with Crippen molar-refractivity contribution in [2.75, 3.05) is 0 Å². The van der Waals surface area contributed by atoms with E-state index in [1.807, 2.05) is 48.5 Å². The Balaban J connectivity index is 1.39. The van der Waals surface area contributed by atoms with Gasteiger partial charge in [0.05, 0.1) is 6.21 Å². The van der Waals surface area contributed by atoms with Gasteiger partial charge >= 0.3 is 5.91 Å². The predicted molar refractivity (Wildman–Crippen MR) is 108 cm³/mol. The molecule has 0 bridgehead atoms. The van der Waals surface area contributed by atoms with Gasteiger partial charge in [0.1, 0.15) is 11.3 Å². The number of hydrazone groups is 1. The average Bonchev–Trinajstić information content (AvgIpc) is 3.29. The van der Waals surface area contributed by atoms with E-state index in [1.54, 1.807) is 18.2 Å². The number of rotatable bonds is 5. The van der Waals surface area contributed by atoms with E-state index in [2.05, 4.69) is 26.5 Å². The van der Waals surface area contributed by atoms with E-state index in [4.69, 9.17) is 8.83 Å². The molecular formula is C20H13BrN2O3S. The Labute approximate surface area is 167 Å². The zero-order valence-corrected chi connectivity index (χ0v) is 16.3. The molecule has 1 amide bonds. The summed E-state index contributed by atoms with van der Waals surface area (Å²) >= 11 is 4.91. The third-order valence-corrected chi connectivity index (χ3v) is 5.05. The number of carbonyl (C=O) groups excluding carboxylic acids is 1. The minimum Gasteiger partial charge on any atom is -0.451 e. The molecule has 5 nitrogen and oxygen atoms in total. The Morgan fingerprint density at radius 2 is 1.89 bits per heavy atom. The summed E-state index contributed by atoms with van der Waals surface area (Å²) in [5.74, 6) is 0.311. The number of furan rings is 2. The molecular weight excluding hydrogens is 428 g/mol. The van der Waals surface area contributed by atoms with Gasteiger partial charge in [-0.3, -0.25) is 4.79 Å². The Hall–Kier alpha value is -2.77. The van der Waals surface area contributed by atoms with Crippen LogP contribution in [0.15, 0.2) is 95.1 Å². The van der Waals surface area contributed by atoms with Crippen LogP contribution in [0.5, 0.6) is 0 Å². The van der Waals surface area contributed by atoms with Gasteiger partial charge in [-0.15, -0.1) is 0 Å². The highest BCUT2D eigenvalue weighted by Gasteiger charge is 2.11. The molecule has 134 valence electrons. The fourth-order valence-corrected chi connectivity index (χ4v) is 3.58. The van der Waals surface area contributed by atoms with Crippen molar-refractivity contribution in [3.05, 3.63) is 82.7 Å². The molecule has 0 radical (unpaired) electrons. The average molecular weight is 441 g/mol.